The molecule has 1 atom stereocenters. The lowest BCUT2D eigenvalue weighted by atomic mass is 9.98. The van der Waals surface area contributed by atoms with E-state index in [0.29, 0.717) is 25.1 Å². The fourth-order valence-corrected chi connectivity index (χ4v) is 2.23. The molecule has 106 valence electrons. The number of hydrogen-bond donors (Lipinski definition) is 2. The molecule has 1 aliphatic rings. The van der Waals surface area contributed by atoms with Crippen LogP contribution in [-0.4, -0.2) is 30.4 Å². The van der Waals surface area contributed by atoms with Crippen molar-refractivity contribution in [3.63, 3.8) is 0 Å². The maximum absolute atomic E-state index is 9.81. The molecule has 0 amide bonds. The first-order chi connectivity index (χ1) is 9.06. The van der Waals surface area contributed by atoms with Gasteiger partial charge in [-0.05, 0) is 48.9 Å². The van der Waals surface area contributed by atoms with Gasteiger partial charge in [-0.3, -0.25) is 0 Å². The van der Waals surface area contributed by atoms with Gasteiger partial charge in [0.25, 0.3) is 0 Å². The van der Waals surface area contributed by atoms with E-state index >= 15 is 0 Å². The second kappa shape index (κ2) is 6.40. The first kappa shape index (κ1) is 14.4. The number of hydrogen-bond acceptors (Lipinski definition) is 3. The Morgan fingerprint density at radius 2 is 2.11 bits per heavy atom. The highest BCUT2D eigenvalue weighted by molar-refractivity contribution is 5.36. The van der Waals surface area contributed by atoms with Crippen LogP contribution in [0.1, 0.15) is 43.7 Å². The van der Waals surface area contributed by atoms with Gasteiger partial charge in [-0.15, -0.1) is 0 Å². The molecule has 2 rings (SSSR count). The largest absolute Gasteiger partial charge is 0.491 e. The second-order valence-corrected chi connectivity index (χ2v) is 5.82. The molecule has 3 heteroatoms. The number of ether oxygens (including phenoxy) is 1. The fourth-order valence-electron chi connectivity index (χ4n) is 2.23. The van der Waals surface area contributed by atoms with Gasteiger partial charge in [0.05, 0.1) is 0 Å². The molecule has 1 fully saturated rings. The molecule has 2 N–H and O–H groups in total. The fraction of sp³-hybridized carbons (Fsp3) is 0.625. The van der Waals surface area contributed by atoms with E-state index in [2.05, 4.69) is 38.2 Å². The predicted molar refractivity (Wildman–Crippen MR) is 77.8 cm³/mol. The van der Waals surface area contributed by atoms with Gasteiger partial charge in [-0.25, -0.2) is 0 Å². The number of aliphatic hydroxyl groups excluding tert-OH is 1. The Morgan fingerprint density at radius 1 is 1.37 bits per heavy atom. The van der Waals surface area contributed by atoms with E-state index in [1.54, 1.807) is 0 Å². The van der Waals surface area contributed by atoms with Crippen molar-refractivity contribution in [2.24, 2.45) is 0 Å². The van der Waals surface area contributed by atoms with Gasteiger partial charge in [0.2, 0.25) is 0 Å². The average Bonchev–Trinajstić information content (AvgIpc) is 3.17. The summed E-state index contributed by atoms with van der Waals surface area (Å²) in [5.41, 5.74) is 2.60. The summed E-state index contributed by atoms with van der Waals surface area (Å²) >= 11 is 0. The first-order valence-electron chi connectivity index (χ1n) is 7.21. The van der Waals surface area contributed by atoms with Gasteiger partial charge in [0, 0.05) is 12.6 Å². The van der Waals surface area contributed by atoms with E-state index in [4.69, 9.17) is 4.74 Å². The van der Waals surface area contributed by atoms with Crippen molar-refractivity contribution in [3.8, 4) is 5.75 Å². The minimum absolute atomic E-state index is 0.347. The van der Waals surface area contributed by atoms with Crippen molar-refractivity contribution in [3.05, 3.63) is 29.3 Å². The molecule has 3 nitrogen and oxygen atoms in total. The van der Waals surface area contributed by atoms with Gasteiger partial charge in [-0.1, -0.05) is 19.9 Å². The smallest absolute Gasteiger partial charge is 0.119 e. The van der Waals surface area contributed by atoms with Crippen LogP contribution < -0.4 is 10.1 Å². The molecule has 0 aromatic heterocycles. The van der Waals surface area contributed by atoms with Crippen LogP contribution >= 0.6 is 0 Å². The lowest BCUT2D eigenvalue weighted by Gasteiger charge is -2.15. The van der Waals surface area contributed by atoms with Crippen LogP contribution in [0.2, 0.25) is 0 Å². The quantitative estimate of drug-likeness (QED) is 0.794. The molecule has 1 aromatic rings. The molecule has 1 aliphatic carbocycles. The van der Waals surface area contributed by atoms with Crippen LogP contribution in [0.4, 0.5) is 0 Å². The number of nitrogens with one attached hydrogen (secondary N) is 1. The van der Waals surface area contributed by atoms with Crippen LogP contribution in [0.25, 0.3) is 0 Å². The normalized spacial score (nSPS) is 16.7. The molecule has 1 aromatic carbocycles. The summed E-state index contributed by atoms with van der Waals surface area (Å²) in [5, 5.41) is 13.1. The van der Waals surface area contributed by atoms with Crippen molar-refractivity contribution >= 4 is 0 Å². The zero-order valence-electron chi connectivity index (χ0n) is 12.1. The van der Waals surface area contributed by atoms with Crippen molar-refractivity contribution in [2.45, 2.75) is 51.7 Å². The molecular formula is C16H25NO2. The third-order valence-electron chi connectivity index (χ3n) is 3.53. The second-order valence-electron chi connectivity index (χ2n) is 5.82. The van der Waals surface area contributed by atoms with Crippen molar-refractivity contribution in [1.29, 1.82) is 0 Å². The van der Waals surface area contributed by atoms with Crippen LogP contribution in [0.5, 0.6) is 5.75 Å². The van der Waals surface area contributed by atoms with E-state index in [1.807, 2.05) is 6.07 Å². The summed E-state index contributed by atoms with van der Waals surface area (Å²) in [7, 11) is 0. The van der Waals surface area contributed by atoms with Crippen LogP contribution in [-0.2, 0) is 0 Å². The third-order valence-corrected chi connectivity index (χ3v) is 3.53. The zero-order chi connectivity index (χ0) is 13.8. The molecular weight excluding hydrogens is 238 g/mol. The molecule has 0 radical (unpaired) electrons. The summed E-state index contributed by atoms with van der Waals surface area (Å²) in [4.78, 5) is 0. The minimum atomic E-state index is -0.439. The van der Waals surface area contributed by atoms with Crippen LogP contribution in [0.3, 0.4) is 0 Å². The van der Waals surface area contributed by atoms with Crippen molar-refractivity contribution in [2.75, 3.05) is 13.2 Å². The highest BCUT2D eigenvalue weighted by Gasteiger charge is 2.21. The van der Waals surface area contributed by atoms with E-state index < -0.39 is 6.10 Å². The Morgan fingerprint density at radius 3 is 2.68 bits per heavy atom. The Hall–Kier alpha value is -1.06. The predicted octanol–water partition coefficient (Wildman–Crippen LogP) is 2.61. The molecule has 0 heterocycles. The average molecular weight is 263 g/mol. The molecule has 1 saturated carbocycles. The number of aryl methyl sites for hydroxylation is 1. The Bertz CT molecular complexity index is 413. The molecule has 0 saturated heterocycles. The summed E-state index contributed by atoms with van der Waals surface area (Å²) in [5.74, 6) is 1.37. The van der Waals surface area contributed by atoms with E-state index in [1.165, 1.54) is 24.0 Å². The maximum Gasteiger partial charge on any atom is 0.119 e. The van der Waals surface area contributed by atoms with Crippen molar-refractivity contribution < 1.29 is 9.84 Å². The SMILES string of the molecule is Cc1cc(OCC(O)CNC2CC2)ccc1C(C)C. The first-order valence-corrected chi connectivity index (χ1v) is 7.21. The van der Waals surface area contributed by atoms with Crippen LogP contribution in [0, 0.1) is 6.92 Å². The number of benzene rings is 1. The van der Waals surface area contributed by atoms with Gasteiger partial charge in [-0.2, -0.15) is 0 Å². The highest BCUT2D eigenvalue weighted by atomic mass is 16.5. The van der Waals surface area contributed by atoms with Crippen molar-refractivity contribution in [1.82, 2.24) is 5.32 Å². The third kappa shape index (κ3) is 4.51. The topological polar surface area (TPSA) is 41.5 Å². The van der Waals surface area contributed by atoms with Gasteiger partial charge in [0.15, 0.2) is 0 Å². The van der Waals surface area contributed by atoms with E-state index in [-0.39, 0.29) is 0 Å². The number of aliphatic hydroxyl groups is 1. The summed E-state index contributed by atoms with van der Waals surface area (Å²) < 4.78 is 5.65. The monoisotopic (exact) mass is 263 g/mol. The molecule has 19 heavy (non-hydrogen) atoms. The van der Waals surface area contributed by atoms with Crippen LogP contribution in [0.15, 0.2) is 18.2 Å². The minimum Gasteiger partial charge on any atom is -0.491 e. The standard InChI is InChI=1S/C16H25NO2/c1-11(2)16-7-6-15(8-12(16)3)19-10-14(18)9-17-13-4-5-13/h6-8,11,13-14,17-18H,4-5,9-10H2,1-3H3. The van der Waals surface area contributed by atoms with E-state index in [9.17, 15) is 5.11 Å². The Labute approximate surface area is 116 Å². The lowest BCUT2D eigenvalue weighted by molar-refractivity contribution is 0.106. The summed E-state index contributed by atoms with van der Waals surface area (Å²) in [6, 6.07) is 6.78. The summed E-state index contributed by atoms with van der Waals surface area (Å²) in [6.45, 7) is 7.45. The lowest BCUT2D eigenvalue weighted by Crippen LogP contribution is -2.32. The Kier molecular flexibility index (Phi) is 4.83. The highest BCUT2D eigenvalue weighted by Crippen LogP contribution is 2.23. The zero-order valence-corrected chi connectivity index (χ0v) is 12.1. The molecule has 0 spiro atoms. The van der Waals surface area contributed by atoms with Gasteiger partial charge < -0.3 is 15.2 Å². The molecule has 0 bridgehead atoms. The molecule has 1 unspecified atom stereocenters. The summed E-state index contributed by atoms with van der Waals surface area (Å²) in [6.07, 6.45) is 2.04. The van der Waals surface area contributed by atoms with E-state index in [0.717, 1.165) is 5.75 Å². The van der Waals surface area contributed by atoms with Gasteiger partial charge >= 0.3 is 0 Å². The molecule has 0 aliphatic heterocycles. The number of rotatable bonds is 7. The maximum atomic E-state index is 9.81. The Balaban J connectivity index is 1.79. The van der Waals surface area contributed by atoms with Gasteiger partial charge in [0.1, 0.15) is 18.5 Å².